The van der Waals surface area contributed by atoms with Crippen LogP contribution in [0.15, 0.2) is 23.3 Å². The second kappa shape index (κ2) is 2.82. The van der Waals surface area contributed by atoms with Gasteiger partial charge >= 0.3 is 0 Å². The van der Waals surface area contributed by atoms with Gasteiger partial charge in [0.15, 0.2) is 0 Å². The first-order valence-electron chi connectivity index (χ1n) is 4.93. The highest BCUT2D eigenvalue weighted by molar-refractivity contribution is 6.09. The number of carbonyl (C=O) groups is 1. The summed E-state index contributed by atoms with van der Waals surface area (Å²) < 4.78 is 0. The molecule has 0 saturated heterocycles. The Morgan fingerprint density at radius 1 is 1.40 bits per heavy atom. The summed E-state index contributed by atoms with van der Waals surface area (Å²) in [6.45, 7) is 0. The van der Waals surface area contributed by atoms with Crippen molar-refractivity contribution in [1.29, 1.82) is 0 Å². The van der Waals surface area contributed by atoms with Gasteiger partial charge in [0.25, 0.3) is 0 Å². The van der Waals surface area contributed by atoms with Gasteiger partial charge in [0, 0.05) is 17.9 Å². The molecule has 1 unspecified atom stereocenters. The van der Waals surface area contributed by atoms with Crippen LogP contribution in [-0.2, 0) is 11.2 Å². The second-order valence-electron chi connectivity index (χ2n) is 3.98. The fourth-order valence-corrected chi connectivity index (χ4v) is 2.29. The molecule has 2 N–H and O–H groups in total. The van der Waals surface area contributed by atoms with Crippen molar-refractivity contribution in [3.05, 3.63) is 29.3 Å². The molecule has 76 valence electrons. The second-order valence-corrected chi connectivity index (χ2v) is 3.98. The highest BCUT2D eigenvalue weighted by atomic mass is 16.3. The molecule has 4 heteroatoms. The first-order chi connectivity index (χ1) is 7.24. The third-order valence-corrected chi connectivity index (χ3v) is 2.95. The number of amides is 1. The van der Waals surface area contributed by atoms with Gasteiger partial charge in [-0.05, 0) is 30.2 Å². The van der Waals surface area contributed by atoms with Gasteiger partial charge in [0.1, 0.15) is 5.75 Å². The van der Waals surface area contributed by atoms with Crippen LogP contribution >= 0.6 is 0 Å². The van der Waals surface area contributed by atoms with Crippen molar-refractivity contribution in [3.8, 4) is 5.75 Å². The fraction of sp³-hybridized carbons (Fsp3) is 0.273. The predicted molar refractivity (Wildman–Crippen MR) is 54.6 cm³/mol. The van der Waals surface area contributed by atoms with Gasteiger partial charge in [-0.3, -0.25) is 4.79 Å². The van der Waals surface area contributed by atoms with Crippen molar-refractivity contribution in [2.24, 2.45) is 11.0 Å². The minimum Gasteiger partial charge on any atom is -0.508 e. The third-order valence-electron chi connectivity index (χ3n) is 2.95. The molecule has 4 nitrogen and oxygen atoms in total. The first kappa shape index (κ1) is 8.47. The summed E-state index contributed by atoms with van der Waals surface area (Å²) in [6, 6.07) is 5.27. The van der Waals surface area contributed by atoms with Gasteiger partial charge in [-0.1, -0.05) is 0 Å². The number of benzene rings is 1. The normalized spacial score (nSPS) is 22.8. The average molecular weight is 202 g/mol. The molecule has 0 spiro atoms. The minimum atomic E-state index is -0.0271. The number of nitrogens with one attached hydrogen (secondary N) is 1. The van der Waals surface area contributed by atoms with Gasteiger partial charge < -0.3 is 5.11 Å². The zero-order valence-corrected chi connectivity index (χ0v) is 8.03. The van der Waals surface area contributed by atoms with Crippen LogP contribution in [0.25, 0.3) is 0 Å². The molecule has 0 aromatic heterocycles. The number of hydrogen-bond acceptors (Lipinski definition) is 3. The number of phenolic OH excluding ortho intramolecular Hbond substituents is 1. The van der Waals surface area contributed by atoms with Gasteiger partial charge in [0.2, 0.25) is 5.91 Å². The summed E-state index contributed by atoms with van der Waals surface area (Å²) >= 11 is 0. The quantitative estimate of drug-likeness (QED) is 0.653. The Bertz CT molecular complexity index is 479. The van der Waals surface area contributed by atoms with E-state index in [2.05, 4.69) is 10.5 Å². The predicted octanol–water partition coefficient (Wildman–Crippen LogP) is 0.788. The highest BCUT2D eigenvalue weighted by Crippen LogP contribution is 2.32. The molecule has 2 aliphatic rings. The van der Waals surface area contributed by atoms with Crippen LogP contribution in [0.2, 0.25) is 0 Å². The Balaban J connectivity index is 2.09. The van der Waals surface area contributed by atoms with Gasteiger partial charge in [-0.15, -0.1) is 0 Å². The van der Waals surface area contributed by atoms with E-state index < -0.39 is 0 Å². The van der Waals surface area contributed by atoms with Crippen LogP contribution in [0, 0.1) is 5.92 Å². The molecule has 15 heavy (non-hydrogen) atoms. The molecule has 1 atom stereocenters. The SMILES string of the molecule is O=C1CC2Cc3cc(O)ccc3C2=NN1. The molecule has 0 bridgehead atoms. The van der Waals surface area contributed by atoms with Crippen LogP contribution in [0.5, 0.6) is 5.75 Å². The molecule has 1 aromatic carbocycles. The smallest absolute Gasteiger partial charge is 0.240 e. The number of carbonyl (C=O) groups excluding carboxylic acids is 1. The van der Waals surface area contributed by atoms with E-state index in [1.54, 1.807) is 12.1 Å². The summed E-state index contributed by atoms with van der Waals surface area (Å²) in [4.78, 5) is 11.2. The van der Waals surface area contributed by atoms with Gasteiger partial charge in [-0.2, -0.15) is 5.10 Å². The average Bonchev–Trinajstić information content (AvgIpc) is 2.53. The molecule has 1 aliphatic heterocycles. The molecular weight excluding hydrogens is 192 g/mol. The largest absolute Gasteiger partial charge is 0.508 e. The number of phenols is 1. The van der Waals surface area contributed by atoms with Crippen LogP contribution < -0.4 is 5.43 Å². The Kier molecular flexibility index (Phi) is 1.59. The molecule has 1 aliphatic carbocycles. The maximum absolute atomic E-state index is 11.2. The van der Waals surface area contributed by atoms with E-state index in [4.69, 9.17) is 0 Å². The third kappa shape index (κ3) is 1.21. The lowest BCUT2D eigenvalue weighted by molar-refractivity contribution is -0.121. The van der Waals surface area contributed by atoms with Crippen molar-refractivity contribution in [1.82, 2.24) is 5.43 Å². The number of rotatable bonds is 0. The Hall–Kier alpha value is -1.84. The number of fused-ring (bicyclic) bond motifs is 3. The number of hydrogen-bond donors (Lipinski definition) is 2. The lowest BCUT2D eigenvalue weighted by atomic mass is 9.99. The fourth-order valence-electron chi connectivity index (χ4n) is 2.29. The van der Waals surface area contributed by atoms with Crippen molar-refractivity contribution >= 4 is 11.6 Å². The molecule has 3 rings (SSSR count). The Labute approximate surface area is 86.6 Å². The van der Waals surface area contributed by atoms with Crippen molar-refractivity contribution in [3.63, 3.8) is 0 Å². The van der Waals surface area contributed by atoms with Gasteiger partial charge in [-0.25, -0.2) is 5.43 Å². The van der Waals surface area contributed by atoms with E-state index in [-0.39, 0.29) is 17.6 Å². The molecule has 1 amide bonds. The van der Waals surface area contributed by atoms with E-state index in [9.17, 15) is 9.90 Å². The van der Waals surface area contributed by atoms with E-state index in [1.165, 1.54) is 0 Å². The molecule has 0 saturated carbocycles. The Morgan fingerprint density at radius 2 is 2.27 bits per heavy atom. The Morgan fingerprint density at radius 3 is 3.13 bits per heavy atom. The van der Waals surface area contributed by atoms with E-state index in [1.807, 2.05) is 6.07 Å². The van der Waals surface area contributed by atoms with Crippen molar-refractivity contribution < 1.29 is 9.90 Å². The maximum Gasteiger partial charge on any atom is 0.240 e. The highest BCUT2D eigenvalue weighted by Gasteiger charge is 2.33. The minimum absolute atomic E-state index is 0.0271. The van der Waals surface area contributed by atoms with Crippen molar-refractivity contribution in [2.75, 3.05) is 0 Å². The van der Waals surface area contributed by atoms with E-state index in [0.717, 1.165) is 23.3 Å². The maximum atomic E-state index is 11.2. The first-order valence-corrected chi connectivity index (χ1v) is 4.93. The summed E-state index contributed by atoms with van der Waals surface area (Å²) in [5, 5.41) is 13.4. The molecular formula is C11H10N2O2. The summed E-state index contributed by atoms with van der Waals surface area (Å²) in [5.41, 5.74) is 5.58. The van der Waals surface area contributed by atoms with Crippen LogP contribution in [0.3, 0.4) is 0 Å². The number of nitrogens with zero attached hydrogens (tertiary/aromatic N) is 1. The zero-order valence-electron chi connectivity index (χ0n) is 8.03. The topological polar surface area (TPSA) is 61.7 Å². The summed E-state index contributed by atoms with van der Waals surface area (Å²) in [6.07, 6.45) is 1.30. The molecule has 1 heterocycles. The summed E-state index contributed by atoms with van der Waals surface area (Å²) in [7, 11) is 0. The van der Waals surface area contributed by atoms with Crippen molar-refractivity contribution in [2.45, 2.75) is 12.8 Å². The zero-order chi connectivity index (χ0) is 10.4. The van der Waals surface area contributed by atoms with E-state index in [0.29, 0.717) is 6.42 Å². The summed E-state index contributed by atoms with van der Waals surface area (Å²) in [5.74, 6) is 0.434. The standard InChI is InChI=1S/C11H10N2O2/c14-8-1-2-9-6(4-8)3-7-5-10(15)12-13-11(7)9/h1-2,4,7,14H,3,5H2,(H,12,15). The lowest BCUT2D eigenvalue weighted by Gasteiger charge is -2.15. The molecule has 0 radical (unpaired) electrons. The van der Waals surface area contributed by atoms with Crippen LogP contribution in [0.4, 0.5) is 0 Å². The van der Waals surface area contributed by atoms with Gasteiger partial charge in [0.05, 0.1) is 5.71 Å². The molecule has 0 fully saturated rings. The monoisotopic (exact) mass is 202 g/mol. The van der Waals surface area contributed by atoms with Crippen LogP contribution in [0.1, 0.15) is 17.5 Å². The number of hydrazone groups is 1. The molecule has 1 aromatic rings. The number of aromatic hydroxyl groups is 1. The van der Waals surface area contributed by atoms with E-state index >= 15 is 0 Å². The lowest BCUT2D eigenvalue weighted by Crippen LogP contribution is -2.31. The van der Waals surface area contributed by atoms with Crippen LogP contribution in [-0.4, -0.2) is 16.7 Å².